The first-order chi connectivity index (χ1) is 12.2. The molecule has 2 aromatic carbocycles. The van der Waals surface area contributed by atoms with Crippen molar-refractivity contribution in [3.05, 3.63) is 65.7 Å². The van der Waals surface area contributed by atoms with Gasteiger partial charge in [-0.1, -0.05) is 88.2 Å². The Labute approximate surface area is 154 Å². The molecule has 0 fully saturated rings. The fourth-order valence-corrected chi connectivity index (χ4v) is 3.79. The van der Waals surface area contributed by atoms with Gasteiger partial charge in [-0.05, 0) is 65.3 Å². The van der Waals surface area contributed by atoms with Crippen molar-refractivity contribution < 1.29 is 0 Å². The third kappa shape index (κ3) is 4.63. The molecule has 0 spiro atoms. The van der Waals surface area contributed by atoms with Gasteiger partial charge in [-0.25, -0.2) is 0 Å². The van der Waals surface area contributed by atoms with Crippen LogP contribution in [0.2, 0.25) is 0 Å². The third-order valence-electron chi connectivity index (χ3n) is 5.73. The van der Waals surface area contributed by atoms with E-state index in [-0.39, 0.29) is 0 Å². The Hall–Kier alpha value is -1.82. The summed E-state index contributed by atoms with van der Waals surface area (Å²) in [5.41, 5.74) is 7.05. The van der Waals surface area contributed by atoms with E-state index in [1.54, 1.807) is 0 Å². The van der Waals surface area contributed by atoms with Crippen LogP contribution in [0.15, 0.2) is 54.6 Å². The van der Waals surface area contributed by atoms with Gasteiger partial charge in [-0.3, -0.25) is 0 Å². The number of allylic oxidation sites excluding steroid dienone is 2. The maximum Gasteiger partial charge on any atom is -0.0184 e. The molecule has 0 bridgehead atoms. The number of unbranched alkanes of at least 4 members (excludes halogenated alkanes) is 1. The fraction of sp³-hybridized carbons (Fsp3) is 0.440. The van der Waals surface area contributed by atoms with Crippen LogP contribution in [0.3, 0.4) is 0 Å². The van der Waals surface area contributed by atoms with Crippen LogP contribution in [0.5, 0.6) is 0 Å². The molecule has 2 atom stereocenters. The molecule has 0 nitrogen and oxygen atoms in total. The number of benzene rings is 2. The lowest BCUT2D eigenvalue weighted by molar-refractivity contribution is 0.534. The summed E-state index contributed by atoms with van der Waals surface area (Å²) in [5, 5.41) is 0. The van der Waals surface area contributed by atoms with E-state index in [4.69, 9.17) is 0 Å². The predicted molar refractivity (Wildman–Crippen MR) is 111 cm³/mol. The monoisotopic (exact) mass is 332 g/mol. The van der Waals surface area contributed by atoms with Crippen molar-refractivity contribution in [1.82, 2.24) is 0 Å². The molecular formula is C25H32. The maximum atomic E-state index is 2.44. The molecule has 25 heavy (non-hydrogen) atoms. The molecular weight excluding hydrogens is 300 g/mol. The minimum absolute atomic E-state index is 0.664. The van der Waals surface area contributed by atoms with Crippen molar-refractivity contribution in [3.63, 3.8) is 0 Å². The normalized spacial score (nSPS) is 18.7. The molecule has 2 unspecified atom stereocenters. The Morgan fingerprint density at radius 3 is 2.08 bits per heavy atom. The molecule has 0 N–H and O–H groups in total. The molecule has 0 saturated carbocycles. The standard InChI is InChI=1S/C25H32/c1-4-5-6-20(3)21-11-13-23(14-12-21)25-17-15-24(16-18-25)22-9-7-19(2)8-10-22/h9,11-20H,4-8,10H2,1-3H3. The van der Waals surface area contributed by atoms with E-state index in [0.717, 1.165) is 5.92 Å². The minimum atomic E-state index is 0.664. The summed E-state index contributed by atoms with van der Waals surface area (Å²) in [4.78, 5) is 0. The van der Waals surface area contributed by atoms with E-state index in [1.807, 2.05) is 0 Å². The van der Waals surface area contributed by atoms with Gasteiger partial charge in [0.2, 0.25) is 0 Å². The quantitative estimate of drug-likeness (QED) is 0.505. The Bertz CT molecular complexity index is 688. The molecule has 0 saturated heterocycles. The number of rotatable bonds is 6. The van der Waals surface area contributed by atoms with E-state index in [1.165, 1.54) is 66.4 Å². The topological polar surface area (TPSA) is 0 Å². The molecule has 3 rings (SSSR count). The second-order valence-corrected chi connectivity index (χ2v) is 7.85. The van der Waals surface area contributed by atoms with Crippen LogP contribution in [-0.4, -0.2) is 0 Å². The first-order valence-corrected chi connectivity index (χ1v) is 10.1. The molecule has 0 heteroatoms. The van der Waals surface area contributed by atoms with Gasteiger partial charge >= 0.3 is 0 Å². The minimum Gasteiger partial charge on any atom is -0.0805 e. The average Bonchev–Trinajstić information content (AvgIpc) is 2.67. The first kappa shape index (κ1) is 18.0. The van der Waals surface area contributed by atoms with Crippen LogP contribution in [0.1, 0.15) is 76.3 Å². The number of hydrogen-bond donors (Lipinski definition) is 0. The van der Waals surface area contributed by atoms with E-state index in [2.05, 4.69) is 75.4 Å². The highest BCUT2D eigenvalue weighted by molar-refractivity contribution is 5.71. The Morgan fingerprint density at radius 1 is 0.920 bits per heavy atom. The summed E-state index contributed by atoms with van der Waals surface area (Å²) in [6.07, 6.45) is 10.1. The van der Waals surface area contributed by atoms with Crippen LogP contribution >= 0.6 is 0 Å². The van der Waals surface area contributed by atoms with Gasteiger partial charge in [-0.15, -0.1) is 0 Å². The Kier molecular flexibility index (Phi) is 6.13. The molecule has 1 aliphatic carbocycles. The van der Waals surface area contributed by atoms with Gasteiger partial charge in [0.25, 0.3) is 0 Å². The zero-order valence-electron chi connectivity index (χ0n) is 16.1. The summed E-state index contributed by atoms with van der Waals surface area (Å²) in [6, 6.07) is 18.4. The lowest BCUT2D eigenvalue weighted by atomic mass is 9.87. The first-order valence-electron chi connectivity index (χ1n) is 10.1. The van der Waals surface area contributed by atoms with Crippen molar-refractivity contribution in [2.45, 2.75) is 65.2 Å². The average molecular weight is 333 g/mol. The van der Waals surface area contributed by atoms with Gasteiger partial charge in [0.15, 0.2) is 0 Å². The summed E-state index contributed by atoms with van der Waals surface area (Å²) in [7, 11) is 0. The molecule has 0 radical (unpaired) electrons. The van der Waals surface area contributed by atoms with Gasteiger partial charge in [0.1, 0.15) is 0 Å². The van der Waals surface area contributed by atoms with Gasteiger partial charge in [0, 0.05) is 0 Å². The van der Waals surface area contributed by atoms with Crippen LogP contribution in [-0.2, 0) is 0 Å². The predicted octanol–water partition coefficient (Wildman–Crippen LogP) is 7.85. The smallest absolute Gasteiger partial charge is 0.0184 e. The zero-order chi connectivity index (χ0) is 17.6. The van der Waals surface area contributed by atoms with E-state index in [9.17, 15) is 0 Å². The van der Waals surface area contributed by atoms with Crippen molar-refractivity contribution >= 4 is 5.57 Å². The van der Waals surface area contributed by atoms with Crippen molar-refractivity contribution in [1.29, 1.82) is 0 Å². The van der Waals surface area contributed by atoms with Crippen LogP contribution in [0, 0.1) is 5.92 Å². The third-order valence-corrected chi connectivity index (χ3v) is 5.73. The zero-order valence-corrected chi connectivity index (χ0v) is 16.1. The summed E-state index contributed by atoms with van der Waals surface area (Å²) in [6.45, 7) is 6.96. The summed E-state index contributed by atoms with van der Waals surface area (Å²) >= 11 is 0. The largest absolute Gasteiger partial charge is 0.0805 e. The Balaban J connectivity index is 1.70. The molecule has 0 amide bonds. The van der Waals surface area contributed by atoms with Gasteiger partial charge in [-0.2, -0.15) is 0 Å². The molecule has 0 heterocycles. The highest BCUT2D eigenvalue weighted by Gasteiger charge is 2.11. The molecule has 2 aromatic rings. The molecule has 132 valence electrons. The van der Waals surface area contributed by atoms with E-state index < -0.39 is 0 Å². The van der Waals surface area contributed by atoms with Crippen molar-refractivity contribution in [3.8, 4) is 11.1 Å². The summed E-state index contributed by atoms with van der Waals surface area (Å²) < 4.78 is 0. The highest BCUT2D eigenvalue weighted by atomic mass is 14.2. The lowest BCUT2D eigenvalue weighted by Gasteiger charge is -2.18. The van der Waals surface area contributed by atoms with E-state index in [0.29, 0.717) is 5.92 Å². The van der Waals surface area contributed by atoms with Crippen LogP contribution in [0.4, 0.5) is 0 Å². The lowest BCUT2D eigenvalue weighted by Crippen LogP contribution is -2.00. The molecule has 1 aliphatic rings. The molecule has 0 aliphatic heterocycles. The molecule has 0 aromatic heterocycles. The summed E-state index contributed by atoms with van der Waals surface area (Å²) in [5.74, 6) is 1.51. The van der Waals surface area contributed by atoms with E-state index >= 15 is 0 Å². The highest BCUT2D eigenvalue weighted by Crippen LogP contribution is 2.31. The van der Waals surface area contributed by atoms with Crippen LogP contribution < -0.4 is 0 Å². The van der Waals surface area contributed by atoms with Gasteiger partial charge in [0.05, 0.1) is 0 Å². The second kappa shape index (κ2) is 8.52. The van der Waals surface area contributed by atoms with Crippen molar-refractivity contribution in [2.24, 2.45) is 5.92 Å². The van der Waals surface area contributed by atoms with Gasteiger partial charge < -0.3 is 0 Å². The van der Waals surface area contributed by atoms with Crippen molar-refractivity contribution in [2.75, 3.05) is 0 Å². The maximum absolute atomic E-state index is 2.44. The SMILES string of the molecule is CCCCC(C)c1ccc(-c2ccc(C3=CCC(C)CC3)cc2)cc1. The van der Waals surface area contributed by atoms with Crippen LogP contribution in [0.25, 0.3) is 16.7 Å². The second-order valence-electron chi connectivity index (χ2n) is 7.85. The number of hydrogen-bond acceptors (Lipinski definition) is 0. The fourth-order valence-electron chi connectivity index (χ4n) is 3.79. The Morgan fingerprint density at radius 2 is 1.52 bits per heavy atom.